The predicted molar refractivity (Wildman–Crippen MR) is 81.2 cm³/mol. The number of carbonyl (C=O) groups excluding carboxylic acids is 1. The minimum Gasteiger partial charge on any atom is -0.453 e. The maximum atomic E-state index is 12.1. The first kappa shape index (κ1) is 15.3. The molecule has 0 atom stereocenters. The van der Waals surface area contributed by atoms with Gasteiger partial charge in [0.15, 0.2) is 5.76 Å². The molecule has 0 saturated heterocycles. The van der Waals surface area contributed by atoms with Crippen LogP contribution in [-0.2, 0) is 17.9 Å². The molecule has 1 heterocycles. The normalized spacial score (nSPS) is 10.6. The molecule has 2 aromatic rings. The van der Waals surface area contributed by atoms with Gasteiger partial charge in [0, 0.05) is 19.3 Å². The largest absolute Gasteiger partial charge is 0.453 e. The third-order valence-electron chi connectivity index (χ3n) is 2.94. The zero-order valence-electron chi connectivity index (χ0n) is 12.3. The Kier molecular flexibility index (Phi) is 5.54. The molecule has 0 unspecified atom stereocenters. The molecule has 0 bridgehead atoms. The predicted octanol–water partition coefficient (Wildman–Crippen LogP) is 2.79. The Balaban J connectivity index is 2.01. The number of furan rings is 1. The van der Waals surface area contributed by atoms with Crippen molar-refractivity contribution in [2.75, 3.05) is 19.0 Å². The molecule has 2 N–H and O–H groups in total. The molecule has 21 heavy (non-hydrogen) atoms. The van der Waals surface area contributed by atoms with Gasteiger partial charge in [-0.15, -0.1) is 0 Å². The number of anilines is 1. The van der Waals surface area contributed by atoms with Crippen LogP contribution in [0.2, 0.25) is 0 Å². The minimum atomic E-state index is -0.266. The van der Waals surface area contributed by atoms with E-state index in [2.05, 4.69) is 17.6 Å². The number of amides is 1. The maximum Gasteiger partial charge on any atom is 0.291 e. The van der Waals surface area contributed by atoms with Crippen molar-refractivity contribution in [3.8, 4) is 0 Å². The van der Waals surface area contributed by atoms with Gasteiger partial charge in [-0.25, -0.2) is 0 Å². The fourth-order valence-electron chi connectivity index (χ4n) is 1.94. The molecular formula is C16H20N2O3. The van der Waals surface area contributed by atoms with Gasteiger partial charge in [0.05, 0.1) is 0 Å². The average molecular weight is 288 g/mol. The van der Waals surface area contributed by atoms with Crippen LogP contribution in [0.3, 0.4) is 0 Å². The molecule has 0 radical (unpaired) electrons. The Morgan fingerprint density at radius 1 is 1.29 bits per heavy atom. The third-order valence-corrected chi connectivity index (χ3v) is 2.94. The van der Waals surface area contributed by atoms with Gasteiger partial charge in [-0.05, 0) is 36.4 Å². The molecule has 5 nitrogen and oxygen atoms in total. The molecular weight excluding hydrogens is 268 g/mol. The quantitative estimate of drug-likeness (QED) is 0.822. The fraction of sp³-hybridized carbons (Fsp3) is 0.312. The molecule has 112 valence electrons. The van der Waals surface area contributed by atoms with Gasteiger partial charge in [0.1, 0.15) is 12.4 Å². The smallest absolute Gasteiger partial charge is 0.291 e. The summed E-state index contributed by atoms with van der Waals surface area (Å²) in [6, 6.07) is 11.1. The molecule has 2 rings (SSSR count). The second-order valence-corrected chi connectivity index (χ2v) is 4.63. The van der Waals surface area contributed by atoms with Gasteiger partial charge < -0.3 is 19.8 Å². The molecule has 0 saturated carbocycles. The van der Waals surface area contributed by atoms with Crippen LogP contribution in [0.15, 0.2) is 40.8 Å². The highest BCUT2D eigenvalue weighted by Gasteiger charge is 2.11. The molecule has 1 amide bonds. The van der Waals surface area contributed by atoms with Crippen molar-refractivity contribution in [1.82, 2.24) is 5.32 Å². The number of ether oxygens (including phenoxy) is 1. The highest BCUT2D eigenvalue weighted by atomic mass is 16.5. The zero-order valence-corrected chi connectivity index (χ0v) is 12.3. The van der Waals surface area contributed by atoms with E-state index in [4.69, 9.17) is 9.15 Å². The molecule has 1 aromatic heterocycles. The number of nitrogens with one attached hydrogen (secondary N) is 2. The minimum absolute atomic E-state index is 0.266. The monoisotopic (exact) mass is 288 g/mol. The SMILES string of the molecule is CCNCc1cccc(NC(=O)c2ccc(COC)o2)c1. The topological polar surface area (TPSA) is 63.5 Å². The first-order valence-corrected chi connectivity index (χ1v) is 6.91. The lowest BCUT2D eigenvalue weighted by Gasteiger charge is -2.06. The third kappa shape index (κ3) is 4.44. The zero-order chi connectivity index (χ0) is 15.1. The van der Waals surface area contributed by atoms with E-state index in [0.717, 1.165) is 24.3 Å². The lowest BCUT2D eigenvalue weighted by molar-refractivity contribution is 0.0987. The number of benzene rings is 1. The van der Waals surface area contributed by atoms with E-state index in [1.807, 2.05) is 24.3 Å². The summed E-state index contributed by atoms with van der Waals surface area (Å²) < 4.78 is 10.4. The Labute approximate surface area is 124 Å². The summed E-state index contributed by atoms with van der Waals surface area (Å²) in [7, 11) is 1.58. The Bertz CT molecular complexity index is 593. The van der Waals surface area contributed by atoms with Crippen LogP contribution >= 0.6 is 0 Å². The van der Waals surface area contributed by atoms with Crippen molar-refractivity contribution < 1.29 is 13.9 Å². The summed E-state index contributed by atoms with van der Waals surface area (Å²) in [5, 5.41) is 6.08. The lowest BCUT2D eigenvalue weighted by atomic mass is 10.2. The summed E-state index contributed by atoms with van der Waals surface area (Å²) in [6.45, 7) is 4.09. The first-order chi connectivity index (χ1) is 10.2. The van der Waals surface area contributed by atoms with Gasteiger partial charge in [-0.2, -0.15) is 0 Å². The Morgan fingerprint density at radius 2 is 2.14 bits per heavy atom. The van der Waals surface area contributed by atoms with Crippen LogP contribution in [0.5, 0.6) is 0 Å². The molecule has 0 aliphatic rings. The first-order valence-electron chi connectivity index (χ1n) is 6.91. The second kappa shape index (κ2) is 7.61. The Hall–Kier alpha value is -2.11. The molecule has 0 aliphatic carbocycles. The van der Waals surface area contributed by atoms with Crippen molar-refractivity contribution in [2.24, 2.45) is 0 Å². The summed E-state index contributed by atoms with van der Waals surface area (Å²) >= 11 is 0. The van der Waals surface area contributed by atoms with Crippen molar-refractivity contribution in [3.05, 3.63) is 53.5 Å². The summed E-state index contributed by atoms with van der Waals surface area (Å²) in [4.78, 5) is 12.1. The van der Waals surface area contributed by atoms with Gasteiger partial charge in [0.25, 0.3) is 5.91 Å². The molecule has 5 heteroatoms. The lowest BCUT2D eigenvalue weighted by Crippen LogP contribution is -2.13. The second-order valence-electron chi connectivity index (χ2n) is 4.63. The van der Waals surface area contributed by atoms with Gasteiger partial charge >= 0.3 is 0 Å². The van der Waals surface area contributed by atoms with E-state index < -0.39 is 0 Å². The van der Waals surface area contributed by atoms with Gasteiger partial charge in [-0.1, -0.05) is 19.1 Å². The highest BCUT2D eigenvalue weighted by molar-refractivity contribution is 6.02. The maximum absolute atomic E-state index is 12.1. The van der Waals surface area contributed by atoms with Gasteiger partial charge in [0.2, 0.25) is 0 Å². The van der Waals surface area contributed by atoms with E-state index in [-0.39, 0.29) is 11.7 Å². The standard InChI is InChI=1S/C16H20N2O3/c1-3-17-10-12-5-4-6-13(9-12)18-16(19)15-8-7-14(21-15)11-20-2/h4-9,17H,3,10-11H2,1-2H3,(H,18,19). The van der Waals surface area contributed by atoms with Crippen LogP contribution in [0.1, 0.15) is 28.8 Å². The van der Waals surface area contributed by atoms with Crippen LogP contribution in [0.25, 0.3) is 0 Å². The van der Waals surface area contributed by atoms with Gasteiger partial charge in [-0.3, -0.25) is 4.79 Å². The number of methoxy groups -OCH3 is 1. The summed E-state index contributed by atoms with van der Waals surface area (Å²) in [5.41, 5.74) is 1.87. The van der Waals surface area contributed by atoms with E-state index in [9.17, 15) is 4.79 Å². The van der Waals surface area contributed by atoms with Crippen molar-refractivity contribution in [3.63, 3.8) is 0 Å². The highest BCUT2D eigenvalue weighted by Crippen LogP contribution is 2.14. The van der Waals surface area contributed by atoms with Crippen molar-refractivity contribution in [1.29, 1.82) is 0 Å². The van der Waals surface area contributed by atoms with Crippen LogP contribution in [0, 0.1) is 0 Å². The Morgan fingerprint density at radius 3 is 2.90 bits per heavy atom. The van der Waals surface area contributed by atoms with E-state index in [1.54, 1.807) is 19.2 Å². The number of hydrogen-bond acceptors (Lipinski definition) is 4. The van der Waals surface area contributed by atoms with Crippen molar-refractivity contribution >= 4 is 11.6 Å². The van der Waals surface area contributed by atoms with Crippen molar-refractivity contribution in [2.45, 2.75) is 20.1 Å². The van der Waals surface area contributed by atoms with E-state index in [0.29, 0.717) is 12.4 Å². The molecule has 1 aromatic carbocycles. The number of hydrogen-bond donors (Lipinski definition) is 2. The fourth-order valence-corrected chi connectivity index (χ4v) is 1.94. The summed E-state index contributed by atoms with van der Waals surface area (Å²) in [6.07, 6.45) is 0. The average Bonchev–Trinajstić information content (AvgIpc) is 2.95. The van der Waals surface area contributed by atoms with Crippen LogP contribution in [0.4, 0.5) is 5.69 Å². The number of carbonyl (C=O) groups is 1. The molecule has 0 fully saturated rings. The van der Waals surface area contributed by atoms with Crippen LogP contribution in [-0.4, -0.2) is 19.6 Å². The molecule has 0 aliphatic heterocycles. The van der Waals surface area contributed by atoms with E-state index >= 15 is 0 Å². The van der Waals surface area contributed by atoms with E-state index in [1.165, 1.54) is 0 Å². The number of rotatable bonds is 7. The molecule has 0 spiro atoms. The van der Waals surface area contributed by atoms with Crippen LogP contribution < -0.4 is 10.6 Å². The summed E-state index contributed by atoms with van der Waals surface area (Å²) in [5.74, 6) is 0.639.